The van der Waals surface area contributed by atoms with E-state index in [1.165, 1.54) is 37.3 Å². The zero-order valence-corrected chi connectivity index (χ0v) is 24.3. The van der Waals surface area contributed by atoms with Gasteiger partial charge in [-0.2, -0.15) is 5.06 Å². The summed E-state index contributed by atoms with van der Waals surface area (Å²) in [5, 5.41) is 17.9. The molecular formula is C28H33N5O10. The van der Waals surface area contributed by atoms with Gasteiger partial charge in [0.05, 0.1) is 42.6 Å². The summed E-state index contributed by atoms with van der Waals surface area (Å²) in [5.74, 6) is -3.04. The van der Waals surface area contributed by atoms with Crippen molar-refractivity contribution >= 4 is 35.5 Å². The number of hydrogen-bond donors (Lipinski definition) is 2. The number of non-ortho nitro benzene ring substituents is 1. The fraction of sp³-hybridized carbons (Fsp3) is 0.464. The van der Waals surface area contributed by atoms with Crippen LogP contribution in [0.15, 0.2) is 46.8 Å². The molecule has 2 saturated heterocycles. The lowest BCUT2D eigenvalue weighted by molar-refractivity contribution is -0.384. The van der Waals surface area contributed by atoms with E-state index >= 15 is 0 Å². The van der Waals surface area contributed by atoms with E-state index in [1.807, 2.05) is 0 Å². The van der Waals surface area contributed by atoms with E-state index in [4.69, 9.17) is 14.3 Å². The third-order valence-corrected chi connectivity index (χ3v) is 7.95. The predicted octanol–water partition coefficient (Wildman–Crippen LogP) is 1.66. The molecule has 15 nitrogen and oxygen atoms in total. The van der Waals surface area contributed by atoms with Gasteiger partial charge in [-0.15, -0.1) is 0 Å². The molecule has 2 fully saturated rings. The fourth-order valence-electron chi connectivity index (χ4n) is 5.77. The number of likely N-dealkylation sites (tertiary alicyclic amines) is 1. The van der Waals surface area contributed by atoms with Crippen LogP contribution in [0.3, 0.4) is 0 Å². The first-order chi connectivity index (χ1) is 20.4. The van der Waals surface area contributed by atoms with Gasteiger partial charge in [0.15, 0.2) is 0 Å². The molecule has 3 heterocycles. The van der Waals surface area contributed by atoms with Gasteiger partial charge in [0, 0.05) is 48.6 Å². The number of nitrogens with one attached hydrogen (secondary N) is 2. The second-order valence-electron chi connectivity index (χ2n) is 10.5. The summed E-state index contributed by atoms with van der Waals surface area (Å²) in [6.45, 7) is 3.49. The highest BCUT2D eigenvalue weighted by atomic mass is 16.7. The molecule has 43 heavy (non-hydrogen) atoms. The van der Waals surface area contributed by atoms with Gasteiger partial charge in [-0.25, -0.2) is 9.59 Å². The Morgan fingerprint density at radius 3 is 2.40 bits per heavy atom. The Bertz CT molecular complexity index is 1430. The molecule has 1 aromatic carbocycles. The van der Waals surface area contributed by atoms with Crippen molar-refractivity contribution in [2.24, 2.45) is 5.41 Å². The van der Waals surface area contributed by atoms with Crippen molar-refractivity contribution in [3.8, 4) is 0 Å². The van der Waals surface area contributed by atoms with Gasteiger partial charge in [0.1, 0.15) is 6.61 Å². The van der Waals surface area contributed by atoms with E-state index in [-0.39, 0.29) is 62.3 Å². The first-order valence-electron chi connectivity index (χ1n) is 13.6. The first-order valence-corrected chi connectivity index (χ1v) is 13.6. The maximum Gasteiger partial charge on any atom is 0.409 e. The number of esters is 1. The van der Waals surface area contributed by atoms with Crippen molar-refractivity contribution in [2.75, 3.05) is 40.5 Å². The second kappa shape index (κ2) is 12.6. The Balaban J connectivity index is 1.39. The highest BCUT2D eigenvalue weighted by Gasteiger charge is 2.53. The molecule has 2 N–H and O–H groups in total. The van der Waals surface area contributed by atoms with Gasteiger partial charge in [-0.3, -0.25) is 29.3 Å². The molecule has 1 spiro atoms. The number of rotatable bonds is 8. The number of nitro benzene ring substituents is 1. The lowest BCUT2D eigenvalue weighted by Crippen LogP contribution is -2.47. The molecule has 0 saturated carbocycles. The van der Waals surface area contributed by atoms with Crippen molar-refractivity contribution in [2.45, 2.75) is 39.0 Å². The number of hydrogen-bond acceptors (Lipinski definition) is 11. The third-order valence-electron chi connectivity index (χ3n) is 7.95. The highest BCUT2D eigenvalue weighted by molar-refractivity contribution is 6.05. The van der Waals surface area contributed by atoms with Crippen molar-refractivity contribution in [1.82, 2.24) is 20.6 Å². The van der Waals surface area contributed by atoms with Crippen LogP contribution in [0.4, 0.5) is 10.5 Å². The minimum atomic E-state index is -0.962. The monoisotopic (exact) mass is 599 g/mol. The molecular weight excluding hydrogens is 566 g/mol. The molecule has 0 radical (unpaired) electrons. The smallest absolute Gasteiger partial charge is 0.409 e. The molecule has 0 aromatic heterocycles. The number of imide groups is 1. The molecule has 4 amide bonds. The maximum absolute atomic E-state index is 13.4. The van der Waals surface area contributed by atoms with Gasteiger partial charge < -0.3 is 25.0 Å². The Morgan fingerprint density at radius 2 is 1.79 bits per heavy atom. The summed E-state index contributed by atoms with van der Waals surface area (Å²) in [4.78, 5) is 80.7. The van der Waals surface area contributed by atoms with E-state index in [1.54, 1.807) is 19.9 Å². The van der Waals surface area contributed by atoms with Crippen LogP contribution in [0.25, 0.3) is 0 Å². The lowest BCUT2D eigenvalue weighted by atomic mass is 9.77. The number of benzene rings is 1. The summed E-state index contributed by atoms with van der Waals surface area (Å²) >= 11 is 0. The van der Waals surface area contributed by atoms with Crippen molar-refractivity contribution < 1.29 is 43.2 Å². The average molecular weight is 600 g/mol. The van der Waals surface area contributed by atoms with E-state index in [0.29, 0.717) is 17.0 Å². The summed E-state index contributed by atoms with van der Waals surface area (Å²) in [7, 11) is 2.46. The van der Waals surface area contributed by atoms with E-state index in [2.05, 4.69) is 10.6 Å². The number of amides is 4. The Hall–Kier alpha value is -4.79. The zero-order chi connectivity index (χ0) is 31.5. The number of methoxy groups -OCH3 is 1. The zero-order valence-electron chi connectivity index (χ0n) is 24.3. The minimum Gasteiger partial charge on any atom is -0.466 e. The predicted molar refractivity (Wildman–Crippen MR) is 147 cm³/mol. The molecule has 15 heteroatoms. The number of dihydropyridines is 1. The van der Waals surface area contributed by atoms with Gasteiger partial charge in [-0.1, -0.05) is 12.1 Å². The SMILES string of the molecule is COC(=O)C1=C(C)NC(C)=C(C(=O)NCCOC(=O)N2CCC3(CC2)CC(=O)N(OC)C3=O)C1c1cccc([N+](=O)[O-])c1. The number of carbonyl (C=O) groups excluding carboxylic acids is 5. The van der Waals surface area contributed by atoms with Crippen LogP contribution in [0.2, 0.25) is 0 Å². The van der Waals surface area contributed by atoms with Crippen LogP contribution < -0.4 is 10.6 Å². The Morgan fingerprint density at radius 1 is 1.12 bits per heavy atom. The van der Waals surface area contributed by atoms with Crippen molar-refractivity contribution in [3.05, 3.63) is 62.5 Å². The standard InChI is InChI=1S/C28H33N5O10/c1-16-21(23(22(17(2)30-16)25(36)41-3)18-6-5-7-19(14-18)33(39)40)24(35)29-10-13-43-27(38)31-11-8-28(9-12-31)15-20(34)32(42-4)26(28)37/h5-7,14,23,30H,8-13,15H2,1-4H3,(H,29,35). The average Bonchev–Trinajstić information content (AvgIpc) is 3.21. The molecule has 3 aliphatic heterocycles. The number of nitrogens with zero attached hydrogens (tertiary/aromatic N) is 3. The summed E-state index contributed by atoms with van der Waals surface area (Å²) < 4.78 is 10.3. The van der Waals surface area contributed by atoms with Crippen LogP contribution >= 0.6 is 0 Å². The van der Waals surface area contributed by atoms with E-state index in [9.17, 15) is 34.1 Å². The molecule has 1 atom stereocenters. The Kier molecular flexibility index (Phi) is 9.13. The van der Waals surface area contributed by atoms with Crippen LogP contribution in [0, 0.1) is 15.5 Å². The molecule has 3 aliphatic rings. The number of nitro groups is 1. The summed E-state index contributed by atoms with van der Waals surface area (Å²) in [6, 6.07) is 5.68. The van der Waals surface area contributed by atoms with Gasteiger partial charge in [0.2, 0.25) is 5.91 Å². The molecule has 0 aliphatic carbocycles. The normalized spacial score (nSPS) is 19.9. The molecule has 230 valence electrons. The summed E-state index contributed by atoms with van der Waals surface area (Å²) in [6.07, 6.45) is -0.0148. The second-order valence-corrected chi connectivity index (χ2v) is 10.5. The van der Waals surface area contributed by atoms with Crippen LogP contribution in [0.1, 0.15) is 44.6 Å². The van der Waals surface area contributed by atoms with Crippen LogP contribution in [-0.2, 0) is 33.5 Å². The fourth-order valence-corrected chi connectivity index (χ4v) is 5.77. The molecule has 1 aromatic rings. The van der Waals surface area contributed by atoms with E-state index < -0.39 is 46.0 Å². The number of piperidine rings is 1. The third kappa shape index (κ3) is 6.07. The lowest BCUT2D eigenvalue weighted by Gasteiger charge is -2.36. The summed E-state index contributed by atoms with van der Waals surface area (Å²) in [5.41, 5.74) is 0.419. The largest absolute Gasteiger partial charge is 0.466 e. The minimum absolute atomic E-state index is 0.0302. The quantitative estimate of drug-likeness (QED) is 0.145. The van der Waals surface area contributed by atoms with E-state index in [0.717, 1.165) is 5.06 Å². The first kappa shape index (κ1) is 31.2. The number of allylic oxidation sites excluding steroid dienone is 2. The van der Waals surface area contributed by atoms with Gasteiger partial charge in [0.25, 0.3) is 17.5 Å². The van der Waals surface area contributed by atoms with Crippen molar-refractivity contribution in [1.29, 1.82) is 0 Å². The topological polar surface area (TPSA) is 187 Å². The van der Waals surface area contributed by atoms with Gasteiger partial charge in [-0.05, 0) is 32.3 Å². The maximum atomic E-state index is 13.4. The number of carbonyl (C=O) groups is 5. The molecule has 4 rings (SSSR count). The Labute approximate surface area is 246 Å². The van der Waals surface area contributed by atoms with Gasteiger partial charge >= 0.3 is 12.1 Å². The van der Waals surface area contributed by atoms with Crippen molar-refractivity contribution in [3.63, 3.8) is 0 Å². The van der Waals surface area contributed by atoms with Crippen LogP contribution in [0.5, 0.6) is 0 Å². The number of ether oxygens (including phenoxy) is 2. The molecule has 0 bridgehead atoms. The highest BCUT2D eigenvalue weighted by Crippen LogP contribution is 2.42. The van der Waals surface area contributed by atoms with Crippen LogP contribution in [-0.4, -0.2) is 85.1 Å². The molecule has 1 unspecified atom stereocenters. The number of hydroxylamine groups is 2.